The van der Waals surface area contributed by atoms with Crippen molar-refractivity contribution in [1.29, 1.82) is 0 Å². The van der Waals surface area contributed by atoms with Gasteiger partial charge in [-0.05, 0) is 25.0 Å². The van der Waals surface area contributed by atoms with Crippen molar-refractivity contribution in [2.24, 2.45) is 5.41 Å². The van der Waals surface area contributed by atoms with Crippen molar-refractivity contribution < 1.29 is 22.8 Å². The Bertz CT molecular complexity index is 721. The first-order valence-electron chi connectivity index (χ1n) is 8.26. The van der Waals surface area contributed by atoms with Crippen LogP contribution < -0.4 is 0 Å². The van der Waals surface area contributed by atoms with Gasteiger partial charge in [0.15, 0.2) is 0 Å². The minimum absolute atomic E-state index is 0.0634. The monoisotopic (exact) mass is 387 g/mol. The van der Waals surface area contributed by atoms with Crippen LogP contribution in [0.4, 0.5) is 0 Å². The number of hydrogen-bond donors (Lipinski definition) is 0. The van der Waals surface area contributed by atoms with Gasteiger partial charge in [0.05, 0.1) is 23.5 Å². The lowest BCUT2D eigenvalue weighted by molar-refractivity contribution is -0.120. The Morgan fingerprint density at radius 1 is 1.04 bits per heavy atom. The molecule has 6 nitrogen and oxygen atoms in total. The van der Waals surface area contributed by atoms with Gasteiger partial charge in [0.1, 0.15) is 0 Å². The number of hydroxylamine groups is 2. The van der Waals surface area contributed by atoms with E-state index in [1.54, 1.807) is 24.3 Å². The molecule has 0 saturated carbocycles. The quantitative estimate of drug-likeness (QED) is 0.479. The van der Waals surface area contributed by atoms with Crippen molar-refractivity contribution in [1.82, 2.24) is 5.06 Å². The highest BCUT2D eigenvalue weighted by Crippen LogP contribution is 2.34. The summed E-state index contributed by atoms with van der Waals surface area (Å²) in [4.78, 5) is 30.3. The van der Waals surface area contributed by atoms with Gasteiger partial charge < -0.3 is 0 Å². The molecule has 1 aliphatic rings. The van der Waals surface area contributed by atoms with Gasteiger partial charge in [-0.1, -0.05) is 38.8 Å². The number of amides is 2. The second-order valence-corrected chi connectivity index (χ2v) is 9.18. The largest absolute Gasteiger partial charge is 0.285 e. The van der Waals surface area contributed by atoms with Crippen molar-refractivity contribution in [3.05, 3.63) is 35.4 Å². The zero-order valence-corrected chi connectivity index (χ0v) is 15.9. The summed E-state index contributed by atoms with van der Waals surface area (Å²) in [5.74, 6) is -1.32. The summed E-state index contributed by atoms with van der Waals surface area (Å²) in [5, 5.41) is 0.728. The van der Waals surface area contributed by atoms with Crippen molar-refractivity contribution in [3.8, 4) is 0 Å². The Balaban J connectivity index is 2.20. The maximum Gasteiger partial charge on any atom is 0.285 e. The van der Waals surface area contributed by atoms with Crippen LogP contribution in [0, 0.1) is 5.41 Å². The average Bonchev–Trinajstić information content (AvgIpc) is 2.76. The molecule has 0 aliphatic carbocycles. The van der Waals surface area contributed by atoms with Gasteiger partial charge in [0, 0.05) is 16.1 Å². The average molecular weight is 388 g/mol. The molecule has 0 fully saturated rings. The maximum absolute atomic E-state index is 12.4. The standard InChI is InChI=1S/C17H22ClNO5S/c1-3-9-17(10-4-2,12-25(18,22)23)11-24-19-15(20)13-7-5-6-8-14(13)16(19)21/h5-8H,3-4,9-12H2,1-2H3. The lowest BCUT2D eigenvalue weighted by Crippen LogP contribution is -2.39. The van der Waals surface area contributed by atoms with Crippen LogP contribution in [0.2, 0.25) is 0 Å². The molecule has 1 heterocycles. The number of rotatable bonds is 9. The van der Waals surface area contributed by atoms with E-state index >= 15 is 0 Å². The molecular weight excluding hydrogens is 366 g/mol. The van der Waals surface area contributed by atoms with Crippen molar-refractivity contribution >= 4 is 31.5 Å². The predicted octanol–water partition coefficient (Wildman–Crippen LogP) is 3.37. The van der Waals surface area contributed by atoms with Gasteiger partial charge in [-0.2, -0.15) is 0 Å². The second kappa shape index (κ2) is 7.85. The molecule has 0 radical (unpaired) electrons. The fraction of sp³-hybridized carbons (Fsp3) is 0.529. The Morgan fingerprint density at radius 3 is 1.92 bits per heavy atom. The minimum Gasteiger partial charge on any atom is -0.266 e. The van der Waals surface area contributed by atoms with Crippen LogP contribution in [0.1, 0.15) is 60.2 Å². The minimum atomic E-state index is -3.75. The van der Waals surface area contributed by atoms with E-state index in [4.69, 9.17) is 15.5 Å². The molecule has 1 aliphatic heterocycles. The van der Waals surface area contributed by atoms with Crippen molar-refractivity contribution in [2.75, 3.05) is 12.4 Å². The number of imide groups is 1. The molecule has 0 unspecified atom stereocenters. The molecule has 1 aromatic carbocycles. The van der Waals surface area contributed by atoms with Crippen molar-refractivity contribution in [3.63, 3.8) is 0 Å². The third kappa shape index (κ3) is 4.59. The third-order valence-corrected chi connectivity index (χ3v) is 5.58. The van der Waals surface area contributed by atoms with Gasteiger partial charge in [-0.15, -0.1) is 5.06 Å². The van der Waals surface area contributed by atoms with E-state index in [0.29, 0.717) is 12.8 Å². The van der Waals surface area contributed by atoms with Crippen LogP contribution in [-0.2, 0) is 13.9 Å². The molecule has 8 heteroatoms. The molecule has 0 atom stereocenters. The van der Waals surface area contributed by atoms with E-state index in [-0.39, 0.29) is 23.5 Å². The summed E-state index contributed by atoms with van der Waals surface area (Å²) in [6, 6.07) is 6.47. The summed E-state index contributed by atoms with van der Waals surface area (Å²) in [6.45, 7) is 3.81. The predicted molar refractivity (Wildman–Crippen MR) is 94.8 cm³/mol. The van der Waals surface area contributed by atoms with Crippen LogP contribution >= 0.6 is 10.7 Å². The third-order valence-electron chi connectivity index (χ3n) is 4.30. The lowest BCUT2D eigenvalue weighted by atomic mass is 9.82. The number of halogens is 1. The van der Waals surface area contributed by atoms with Crippen LogP contribution in [-0.4, -0.2) is 37.7 Å². The summed E-state index contributed by atoms with van der Waals surface area (Å²) in [6.07, 6.45) is 2.60. The molecule has 0 N–H and O–H groups in total. The van der Waals surface area contributed by atoms with Crippen LogP contribution in [0.3, 0.4) is 0 Å². The summed E-state index contributed by atoms with van der Waals surface area (Å²) in [7, 11) is 1.74. The summed E-state index contributed by atoms with van der Waals surface area (Å²) >= 11 is 0. The molecule has 1 aromatic rings. The highest BCUT2D eigenvalue weighted by Gasteiger charge is 2.40. The van der Waals surface area contributed by atoms with E-state index in [0.717, 1.165) is 17.9 Å². The molecule has 0 bridgehead atoms. The first-order chi connectivity index (χ1) is 11.7. The summed E-state index contributed by atoms with van der Waals surface area (Å²) < 4.78 is 23.3. The fourth-order valence-corrected chi connectivity index (χ4v) is 5.17. The first kappa shape index (κ1) is 19.9. The highest BCUT2D eigenvalue weighted by atomic mass is 35.7. The van der Waals surface area contributed by atoms with E-state index in [1.807, 2.05) is 13.8 Å². The van der Waals surface area contributed by atoms with Gasteiger partial charge in [0.2, 0.25) is 9.05 Å². The smallest absolute Gasteiger partial charge is 0.266 e. The first-order valence-corrected chi connectivity index (χ1v) is 10.7. The molecule has 138 valence electrons. The van der Waals surface area contributed by atoms with Gasteiger partial charge in [0.25, 0.3) is 11.8 Å². The van der Waals surface area contributed by atoms with Crippen LogP contribution in [0.15, 0.2) is 24.3 Å². The number of carbonyl (C=O) groups excluding carboxylic acids is 2. The van der Waals surface area contributed by atoms with E-state index in [9.17, 15) is 18.0 Å². The Labute approximate surface area is 152 Å². The molecule has 0 spiro atoms. The Morgan fingerprint density at radius 2 is 1.52 bits per heavy atom. The number of fused-ring (bicyclic) bond motifs is 1. The van der Waals surface area contributed by atoms with Gasteiger partial charge >= 0.3 is 0 Å². The van der Waals surface area contributed by atoms with E-state index < -0.39 is 26.3 Å². The lowest BCUT2D eigenvalue weighted by Gasteiger charge is -2.32. The number of nitrogens with zero attached hydrogens (tertiary/aromatic N) is 1. The Kier molecular flexibility index (Phi) is 6.24. The molecule has 2 amide bonds. The van der Waals surface area contributed by atoms with E-state index in [1.165, 1.54) is 0 Å². The van der Waals surface area contributed by atoms with Crippen molar-refractivity contribution in [2.45, 2.75) is 39.5 Å². The van der Waals surface area contributed by atoms with Gasteiger partial charge in [-0.3, -0.25) is 14.4 Å². The zero-order valence-electron chi connectivity index (χ0n) is 14.3. The van der Waals surface area contributed by atoms with Crippen LogP contribution in [0.5, 0.6) is 0 Å². The highest BCUT2D eigenvalue weighted by molar-refractivity contribution is 8.13. The Hall–Kier alpha value is -1.44. The number of hydrogen-bond acceptors (Lipinski definition) is 5. The van der Waals surface area contributed by atoms with E-state index in [2.05, 4.69) is 0 Å². The second-order valence-electron chi connectivity index (χ2n) is 6.41. The van der Waals surface area contributed by atoms with Crippen LogP contribution in [0.25, 0.3) is 0 Å². The maximum atomic E-state index is 12.4. The molecular formula is C17H22ClNO5S. The topological polar surface area (TPSA) is 80.8 Å². The number of carbonyl (C=O) groups is 2. The number of benzene rings is 1. The SMILES string of the molecule is CCCC(CCC)(CON1C(=O)c2ccccc2C1=O)CS(=O)(=O)Cl. The molecule has 25 heavy (non-hydrogen) atoms. The van der Waals surface area contributed by atoms with Gasteiger partial charge in [-0.25, -0.2) is 8.42 Å². The molecule has 0 aromatic heterocycles. The zero-order chi connectivity index (χ0) is 18.7. The fourth-order valence-electron chi connectivity index (χ4n) is 3.37. The molecule has 0 saturated heterocycles. The summed E-state index contributed by atoms with van der Waals surface area (Å²) in [5.41, 5.74) is -0.164. The normalized spacial score (nSPS) is 14.9. The molecule has 2 rings (SSSR count).